The van der Waals surface area contributed by atoms with Gasteiger partial charge < -0.3 is 10.6 Å². The lowest BCUT2D eigenvalue weighted by atomic mass is 10.2. The van der Waals surface area contributed by atoms with Gasteiger partial charge in [0.05, 0.1) is 24.8 Å². The standard InChI is InChI=1S/C17H18F3N3O2S/c1-10(13-4-3-7-26-13)21-14(24)8-23(2)9-15(25)22-12-6-5-11(18)16(19)17(12)20/h3-7,10H,8-9H2,1-2H3,(H,21,24)(H,22,25)/t10-/m0/s1. The third-order valence-corrected chi connectivity index (χ3v) is 4.54. The van der Waals surface area contributed by atoms with Gasteiger partial charge in [-0.25, -0.2) is 13.2 Å². The number of hydrogen-bond acceptors (Lipinski definition) is 4. The molecule has 26 heavy (non-hydrogen) atoms. The smallest absolute Gasteiger partial charge is 0.238 e. The maximum Gasteiger partial charge on any atom is 0.238 e. The topological polar surface area (TPSA) is 61.4 Å². The quantitative estimate of drug-likeness (QED) is 0.721. The second kappa shape index (κ2) is 8.81. The summed E-state index contributed by atoms with van der Waals surface area (Å²) in [7, 11) is 1.54. The molecule has 140 valence electrons. The van der Waals surface area contributed by atoms with Crippen LogP contribution in [0.5, 0.6) is 0 Å². The highest BCUT2D eigenvalue weighted by molar-refractivity contribution is 7.10. The normalized spacial score (nSPS) is 12.1. The predicted molar refractivity (Wildman–Crippen MR) is 93.3 cm³/mol. The molecule has 2 amide bonds. The summed E-state index contributed by atoms with van der Waals surface area (Å²) in [5.74, 6) is -5.40. The summed E-state index contributed by atoms with van der Waals surface area (Å²) in [6, 6.07) is 5.29. The van der Waals surface area contributed by atoms with Gasteiger partial charge in [-0.1, -0.05) is 6.07 Å². The van der Waals surface area contributed by atoms with Crippen LogP contribution in [0.25, 0.3) is 0 Å². The Labute approximate surface area is 152 Å². The van der Waals surface area contributed by atoms with E-state index < -0.39 is 29.0 Å². The number of nitrogens with zero attached hydrogens (tertiary/aromatic N) is 1. The molecule has 0 saturated heterocycles. The molecule has 0 radical (unpaired) electrons. The zero-order valence-corrected chi connectivity index (χ0v) is 15.0. The van der Waals surface area contributed by atoms with Gasteiger partial charge in [0.2, 0.25) is 11.8 Å². The molecule has 1 atom stereocenters. The van der Waals surface area contributed by atoms with Crippen molar-refractivity contribution in [2.24, 2.45) is 0 Å². The third kappa shape index (κ3) is 5.30. The first kappa shape index (κ1) is 19.9. The molecule has 1 aromatic carbocycles. The van der Waals surface area contributed by atoms with E-state index in [1.54, 1.807) is 0 Å². The van der Waals surface area contributed by atoms with Gasteiger partial charge in [0, 0.05) is 4.88 Å². The molecule has 0 spiro atoms. The molecule has 9 heteroatoms. The number of amides is 2. The predicted octanol–water partition coefficient (Wildman–Crippen LogP) is 2.91. The fourth-order valence-electron chi connectivity index (χ4n) is 2.25. The average molecular weight is 385 g/mol. The second-order valence-electron chi connectivity index (χ2n) is 5.75. The number of halogens is 3. The van der Waals surface area contributed by atoms with Crippen molar-refractivity contribution in [3.63, 3.8) is 0 Å². The van der Waals surface area contributed by atoms with Crippen LogP contribution in [-0.2, 0) is 9.59 Å². The minimum atomic E-state index is -1.65. The van der Waals surface area contributed by atoms with E-state index in [9.17, 15) is 22.8 Å². The number of thiophene rings is 1. The number of nitrogens with one attached hydrogen (secondary N) is 2. The van der Waals surface area contributed by atoms with Crippen LogP contribution < -0.4 is 10.6 Å². The van der Waals surface area contributed by atoms with E-state index in [2.05, 4.69) is 10.6 Å². The van der Waals surface area contributed by atoms with Crippen LogP contribution in [0.3, 0.4) is 0 Å². The van der Waals surface area contributed by atoms with E-state index in [0.29, 0.717) is 0 Å². The zero-order chi connectivity index (χ0) is 19.3. The Bertz CT molecular complexity index is 784. The molecule has 1 heterocycles. The fourth-order valence-corrected chi connectivity index (χ4v) is 2.99. The maximum absolute atomic E-state index is 13.5. The van der Waals surface area contributed by atoms with Gasteiger partial charge >= 0.3 is 0 Å². The Morgan fingerprint density at radius 2 is 1.81 bits per heavy atom. The highest BCUT2D eigenvalue weighted by atomic mass is 32.1. The van der Waals surface area contributed by atoms with Crippen LogP contribution in [0.15, 0.2) is 29.6 Å². The molecule has 0 aliphatic carbocycles. The Morgan fingerprint density at radius 1 is 1.12 bits per heavy atom. The van der Waals surface area contributed by atoms with Gasteiger partial charge in [-0.3, -0.25) is 14.5 Å². The van der Waals surface area contributed by atoms with Crippen molar-refractivity contribution in [1.29, 1.82) is 0 Å². The van der Waals surface area contributed by atoms with E-state index in [4.69, 9.17) is 0 Å². The van der Waals surface area contributed by atoms with Crippen molar-refractivity contribution in [2.75, 3.05) is 25.5 Å². The van der Waals surface area contributed by atoms with Gasteiger partial charge in [-0.15, -0.1) is 11.3 Å². The highest BCUT2D eigenvalue weighted by Crippen LogP contribution is 2.19. The van der Waals surface area contributed by atoms with Crippen molar-refractivity contribution in [3.05, 3.63) is 52.0 Å². The largest absolute Gasteiger partial charge is 0.348 e. The first-order valence-electron chi connectivity index (χ1n) is 7.72. The minimum Gasteiger partial charge on any atom is -0.348 e. The molecule has 0 aliphatic rings. The van der Waals surface area contributed by atoms with Crippen LogP contribution in [0.1, 0.15) is 17.8 Å². The number of hydrogen-bond donors (Lipinski definition) is 2. The molecule has 2 rings (SSSR count). The van der Waals surface area contributed by atoms with E-state index in [1.807, 2.05) is 24.4 Å². The summed E-state index contributed by atoms with van der Waals surface area (Å²) in [5, 5.41) is 6.87. The molecule has 0 fully saturated rings. The van der Waals surface area contributed by atoms with Crippen LogP contribution >= 0.6 is 11.3 Å². The van der Waals surface area contributed by atoms with Gasteiger partial charge in [0.1, 0.15) is 0 Å². The lowest BCUT2D eigenvalue weighted by Gasteiger charge is -2.18. The monoisotopic (exact) mass is 385 g/mol. The highest BCUT2D eigenvalue weighted by Gasteiger charge is 2.17. The number of carbonyl (C=O) groups is 2. The Hall–Kier alpha value is -2.39. The number of rotatable bonds is 7. The number of likely N-dealkylation sites (N-methyl/N-ethyl adjacent to an activating group) is 1. The van der Waals surface area contributed by atoms with Gasteiger partial charge in [-0.05, 0) is 37.6 Å². The lowest BCUT2D eigenvalue weighted by Crippen LogP contribution is -2.39. The van der Waals surface area contributed by atoms with E-state index >= 15 is 0 Å². The van der Waals surface area contributed by atoms with Crippen molar-refractivity contribution in [3.8, 4) is 0 Å². The summed E-state index contributed by atoms with van der Waals surface area (Å²) >= 11 is 1.52. The number of benzene rings is 1. The fraction of sp³-hybridized carbons (Fsp3) is 0.294. The van der Waals surface area contributed by atoms with Crippen LogP contribution in [0.4, 0.5) is 18.9 Å². The Morgan fingerprint density at radius 3 is 2.46 bits per heavy atom. The van der Waals surface area contributed by atoms with Crippen molar-refractivity contribution < 1.29 is 22.8 Å². The van der Waals surface area contributed by atoms with Crippen LogP contribution in [0, 0.1) is 17.5 Å². The SMILES string of the molecule is C[C@H](NC(=O)CN(C)CC(=O)Nc1ccc(F)c(F)c1F)c1cccs1. The van der Waals surface area contributed by atoms with Gasteiger partial charge in [0.15, 0.2) is 17.5 Å². The molecule has 0 aliphatic heterocycles. The van der Waals surface area contributed by atoms with Gasteiger partial charge in [-0.2, -0.15) is 0 Å². The third-order valence-electron chi connectivity index (χ3n) is 3.48. The first-order chi connectivity index (χ1) is 12.3. The molecular weight excluding hydrogens is 367 g/mol. The molecule has 2 aromatic rings. The van der Waals surface area contributed by atoms with Crippen molar-refractivity contribution in [1.82, 2.24) is 10.2 Å². The lowest BCUT2D eigenvalue weighted by molar-refractivity contribution is -0.123. The van der Waals surface area contributed by atoms with Gasteiger partial charge in [0.25, 0.3) is 0 Å². The molecule has 1 aromatic heterocycles. The maximum atomic E-state index is 13.5. The molecular formula is C17H18F3N3O2S. The zero-order valence-electron chi connectivity index (χ0n) is 14.2. The summed E-state index contributed by atoms with van der Waals surface area (Å²) < 4.78 is 39.6. The Balaban J connectivity index is 1.83. The van der Waals surface area contributed by atoms with E-state index in [1.165, 1.54) is 23.3 Å². The van der Waals surface area contributed by atoms with Crippen molar-refractivity contribution in [2.45, 2.75) is 13.0 Å². The summed E-state index contributed by atoms with van der Waals surface area (Å²) in [4.78, 5) is 26.3. The van der Waals surface area contributed by atoms with E-state index in [0.717, 1.165) is 17.0 Å². The molecule has 5 nitrogen and oxygen atoms in total. The van der Waals surface area contributed by atoms with Crippen LogP contribution in [-0.4, -0.2) is 36.9 Å². The Kier molecular flexibility index (Phi) is 6.76. The number of carbonyl (C=O) groups excluding carboxylic acids is 2. The minimum absolute atomic E-state index is 0.0522. The molecule has 2 N–H and O–H groups in total. The second-order valence-corrected chi connectivity index (χ2v) is 6.73. The molecule has 0 bridgehead atoms. The summed E-state index contributed by atoms with van der Waals surface area (Å²) in [6.45, 7) is 1.57. The summed E-state index contributed by atoms with van der Waals surface area (Å²) in [5.41, 5.74) is -0.460. The average Bonchev–Trinajstić information content (AvgIpc) is 3.09. The van der Waals surface area contributed by atoms with Crippen LogP contribution in [0.2, 0.25) is 0 Å². The van der Waals surface area contributed by atoms with Crippen molar-refractivity contribution >= 4 is 28.8 Å². The molecule has 0 saturated carbocycles. The van der Waals surface area contributed by atoms with E-state index in [-0.39, 0.29) is 25.0 Å². The number of anilines is 1. The summed E-state index contributed by atoms with van der Waals surface area (Å²) in [6.07, 6.45) is 0. The molecule has 0 unspecified atom stereocenters. The first-order valence-corrected chi connectivity index (χ1v) is 8.60.